The number of aromatic amines is 1. The van der Waals surface area contributed by atoms with E-state index in [-0.39, 0.29) is 11.1 Å². The quantitative estimate of drug-likeness (QED) is 0.191. The Labute approximate surface area is 275 Å². The molecule has 45 heavy (non-hydrogen) atoms. The first kappa shape index (κ1) is 30.5. The van der Waals surface area contributed by atoms with Crippen LogP contribution in [0.25, 0.3) is 41.6 Å². The highest BCUT2D eigenvalue weighted by Crippen LogP contribution is 2.31. The molecule has 0 saturated heterocycles. The Morgan fingerprint density at radius 1 is 0.756 bits per heavy atom. The number of methoxy groups -OCH3 is 2. The molecule has 12 heteroatoms. The normalized spacial score (nSPS) is 10.9. The molecule has 7 rings (SSSR count). The molecule has 0 atom stereocenters. The number of benzene rings is 3. The van der Waals surface area contributed by atoms with Gasteiger partial charge in [-0.25, -0.2) is 9.97 Å². The summed E-state index contributed by atoms with van der Waals surface area (Å²) in [6, 6.07) is 24.1. The van der Waals surface area contributed by atoms with Gasteiger partial charge in [-0.15, -0.1) is 22.7 Å². The van der Waals surface area contributed by atoms with E-state index in [0.29, 0.717) is 43.0 Å². The van der Waals surface area contributed by atoms with Gasteiger partial charge in [0, 0.05) is 45.2 Å². The Hall–Kier alpha value is -4.48. The molecule has 0 aliphatic heterocycles. The van der Waals surface area contributed by atoms with Gasteiger partial charge in [0.2, 0.25) is 0 Å². The van der Waals surface area contributed by atoms with E-state index in [1.807, 2.05) is 72.8 Å². The first-order valence-electron chi connectivity index (χ1n) is 13.5. The number of nitrogens with one attached hydrogen (secondary N) is 1. The number of aromatic nitrogens is 4. The van der Waals surface area contributed by atoms with Crippen molar-refractivity contribution in [2.24, 2.45) is 0 Å². The molecule has 0 unspecified atom stereocenters. The predicted molar refractivity (Wildman–Crippen MR) is 184 cm³/mol. The van der Waals surface area contributed by atoms with Gasteiger partial charge in [0.25, 0.3) is 11.1 Å². The zero-order valence-electron chi connectivity index (χ0n) is 23.9. The summed E-state index contributed by atoms with van der Waals surface area (Å²) in [5.41, 5.74) is 4.05. The fourth-order valence-corrected chi connectivity index (χ4v) is 6.78. The molecule has 8 nitrogen and oxygen atoms in total. The van der Waals surface area contributed by atoms with E-state index >= 15 is 0 Å². The van der Waals surface area contributed by atoms with Crippen LogP contribution in [-0.2, 0) is 6.54 Å². The third-order valence-corrected chi connectivity index (χ3v) is 9.58. The van der Waals surface area contributed by atoms with E-state index in [1.165, 1.54) is 22.7 Å². The van der Waals surface area contributed by atoms with Crippen molar-refractivity contribution in [2.45, 2.75) is 6.54 Å². The molecule has 1 N–H and O–H groups in total. The summed E-state index contributed by atoms with van der Waals surface area (Å²) < 4.78 is 13.6. The van der Waals surface area contributed by atoms with Gasteiger partial charge in [0.1, 0.15) is 30.9 Å². The summed E-state index contributed by atoms with van der Waals surface area (Å²) in [4.78, 5) is 36.2. The summed E-state index contributed by atoms with van der Waals surface area (Å²) in [6.07, 6.45) is 3.37. The summed E-state index contributed by atoms with van der Waals surface area (Å²) in [5.74, 6) is 1.39. The lowest BCUT2D eigenvalue weighted by atomic mass is 10.2. The molecule has 7 aromatic rings. The van der Waals surface area contributed by atoms with Gasteiger partial charge in [0.15, 0.2) is 0 Å². The number of thiazole rings is 2. The number of pyridine rings is 2. The molecular formula is C33H24Cl2N4O4S2. The van der Waals surface area contributed by atoms with Crippen molar-refractivity contribution >= 4 is 66.3 Å². The van der Waals surface area contributed by atoms with Crippen molar-refractivity contribution in [2.75, 3.05) is 14.2 Å². The zero-order valence-corrected chi connectivity index (χ0v) is 27.1. The van der Waals surface area contributed by atoms with E-state index in [4.69, 9.17) is 32.7 Å². The van der Waals surface area contributed by atoms with E-state index < -0.39 is 0 Å². The van der Waals surface area contributed by atoms with Crippen molar-refractivity contribution in [3.05, 3.63) is 128 Å². The summed E-state index contributed by atoms with van der Waals surface area (Å²) in [5, 5.41) is 2.98. The number of halogens is 2. The maximum absolute atomic E-state index is 13.0. The second-order valence-electron chi connectivity index (χ2n) is 9.71. The fourth-order valence-electron chi connectivity index (χ4n) is 4.55. The molecule has 0 spiro atoms. The van der Waals surface area contributed by atoms with Gasteiger partial charge >= 0.3 is 0 Å². The minimum absolute atomic E-state index is 0.0758. The number of hydrogen-bond donors (Lipinski definition) is 1. The van der Waals surface area contributed by atoms with Crippen molar-refractivity contribution in [3.63, 3.8) is 0 Å². The van der Waals surface area contributed by atoms with E-state index in [1.54, 1.807) is 37.2 Å². The van der Waals surface area contributed by atoms with Crippen LogP contribution in [0.4, 0.5) is 0 Å². The average Bonchev–Trinajstić information content (AvgIpc) is 3.70. The summed E-state index contributed by atoms with van der Waals surface area (Å²) >= 11 is 14.6. The smallest absolute Gasteiger partial charge is 0.270 e. The van der Waals surface area contributed by atoms with Crippen LogP contribution in [0.2, 0.25) is 10.0 Å². The fraction of sp³-hybridized carbons (Fsp3) is 0.0909. The largest absolute Gasteiger partial charge is 0.497 e. The predicted octanol–water partition coefficient (Wildman–Crippen LogP) is 8.15. The van der Waals surface area contributed by atoms with Crippen LogP contribution in [0, 0.1) is 0 Å². The lowest BCUT2D eigenvalue weighted by Gasteiger charge is -2.11. The highest BCUT2D eigenvalue weighted by Gasteiger charge is 2.13. The number of hydrogen-bond acceptors (Lipinski definition) is 8. The molecule has 4 heterocycles. The second kappa shape index (κ2) is 13.3. The molecule has 0 amide bonds. The molecule has 0 bridgehead atoms. The Bertz CT molecular complexity index is 2240. The van der Waals surface area contributed by atoms with Crippen molar-refractivity contribution in [1.82, 2.24) is 19.5 Å². The molecule has 0 fully saturated rings. The highest BCUT2D eigenvalue weighted by atomic mass is 35.5. The monoisotopic (exact) mass is 674 g/mol. The Kier molecular flexibility index (Phi) is 8.99. The van der Waals surface area contributed by atoms with Crippen LogP contribution in [0.1, 0.15) is 5.56 Å². The summed E-state index contributed by atoms with van der Waals surface area (Å²) in [7, 11) is 3.21. The number of ether oxygens (including phenoxy) is 2. The molecule has 226 valence electrons. The van der Waals surface area contributed by atoms with Crippen LogP contribution >= 0.6 is 45.9 Å². The number of rotatable bonds is 6. The van der Waals surface area contributed by atoms with Gasteiger partial charge in [0.05, 0.1) is 31.8 Å². The van der Waals surface area contributed by atoms with Crippen molar-refractivity contribution in [1.29, 1.82) is 0 Å². The zero-order chi connectivity index (χ0) is 31.5. The lowest BCUT2D eigenvalue weighted by molar-refractivity contribution is 0.390. The van der Waals surface area contributed by atoms with Crippen LogP contribution in [-0.4, -0.2) is 33.7 Å². The third-order valence-electron chi connectivity index (χ3n) is 6.85. The SMILES string of the molecule is COc1ccc(Cn2ccc3nc(-c4ccc(Cl)cc4)sc3c2=O)c(OC)c1.O=c1[nH]ccc2nc(-c3ccc(Cl)cc3)sc12. The van der Waals surface area contributed by atoms with E-state index in [9.17, 15) is 9.59 Å². The number of H-pyrrole nitrogens is 1. The van der Waals surface area contributed by atoms with Gasteiger partial charge in [-0.2, -0.15) is 0 Å². The van der Waals surface area contributed by atoms with Crippen LogP contribution in [0.15, 0.2) is 101 Å². The molecule has 0 aliphatic rings. The molecule has 3 aromatic carbocycles. The molecule has 0 radical (unpaired) electrons. The van der Waals surface area contributed by atoms with Crippen LogP contribution in [0.5, 0.6) is 11.5 Å². The maximum atomic E-state index is 13.0. The van der Waals surface area contributed by atoms with Crippen LogP contribution < -0.4 is 20.6 Å². The minimum Gasteiger partial charge on any atom is -0.497 e. The van der Waals surface area contributed by atoms with Gasteiger partial charge in [-0.1, -0.05) is 47.5 Å². The highest BCUT2D eigenvalue weighted by molar-refractivity contribution is 7.22. The minimum atomic E-state index is -0.0970. The topological polar surface area (TPSA) is 99.1 Å². The van der Waals surface area contributed by atoms with Gasteiger partial charge in [-0.05, 0) is 48.5 Å². The van der Waals surface area contributed by atoms with E-state index in [0.717, 1.165) is 32.2 Å². The Morgan fingerprint density at radius 3 is 1.93 bits per heavy atom. The molecule has 4 aromatic heterocycles. The first-order valence-corrected chi connectivity index (χ1v) is 15.9. The van der Waals surface area contributed by atoms with E-state index in [2.05, 4.69) is 15.0 Å². The number of fused-ring (bicyclic) bond motifs is 2. The molecular weight excluding hydrogens is 651 g/mol. The standard InChI is InChI=1S/C21H17ClN2O3S.C12H7ClN2OS/c1-26-16-8-5-14(18(11-16)27-2)12-24-10-9-17-19(21(24)25)28-20(23-17)13-3-6-15(22)7-4-13;13-8-3-1-7(2-4-8)12-15-9-5-6-14-11(16)10(9)17-12/h3-11H,12H2,1-2H3;1-6H,(H,14,16). The van der Waals surface area contributed by atoms with Gasteiger partial charge in [-0.3, -0.25) is 9.59 Å². The Balaban J connectivity index is 0.000000179. The lowest BCUT2D eigenvalue weighted by Crippen LogP contribution is -2.19. The third kappa shape index (κ3) is 6.64. The number of nitrogens with zero attached hydrogens (tertiary/aromatic N) is 3. The van der Waals surface area contributed by atoms with Crippen molar-refractivity contribution in [3.8, 4) is 32.6 Å². The average molecular weight is 676 g/mol. The Morgan fingerprint density at radius 2 is 1.36 bits per heavy atom. The van der Waals surface area contributed by atoms with Crippen LogP contribution in [0.3, 0.4) is 0 Å². The molecule has 0 saturated carbocycles. The first-order chi connectivity index (χ1) is 21.8. The summed E-state index contributed by atoms with van der Waals surface area (Å²) in [6.45, 7) is 0.399. The maximum Gasteiger partial charge on any atom is 0.270 e. The molecule has 0 aliphatic carbocycles. The second-order valence-corrected chi connectivity index (χ2v) is 12.6. The van der Waals surface area contributed by atoms with Crippen molar-refractivity contribution < 1.29 is 9.47 Å². The van der Waals surface area contributed by atoms with Gasteiger partial charge < -0.3 is 19.0 Å².